The van der Waals surface area contributed by atoms with E-state index in [2.05, 4.69) is 10.4 Å². The lowest BCUT2D eigenvalue weighted by Gasteiger charge is -2.10. The molecule has 2 aromatic rings. The highest BCUT2D eigenvalue weighted by Gasteiger charge is 2.09. The fourth-order valence-electron chi connectivity index (χ4n) is 2.23. The third-order valence-corrected chi connectivity index (χ3v) is 3.39. The van der Waals surface area contributed by atoms with E-state index in [4.69, 9.17) is 4.74 Å². The zero-order valence-corrected chi connectivity index (χ0v) is 14.4. The highest BCUT2D eigenvalue weighted by atomic mass is 19.1. The standard InChI is InChI=1S/C18H22FN3O3/c1-13(2)25-15-5-3-14(4-6-15)9-11-20-18(24)16-7-8-17(23)22(21-16)12-10-19/h3-8,13H,9-12H2,1-2H3,(H,20,24). The summed E-state index contributed by atoms with van der Waals surface area (Å²) in [5.41, 5.74) is 0.721. The maximum Gasteiger partial charge on any atom is 0.271 e. The minimum Gasteiger partial charge on any atom is -0.491 e. The van der Waals surface area contributed by atoms with Crippen LogP contribution in [0.1, 0.15) is 29.9 Å². The van der Waals surface area contributed by atoms with Gasteiger partial charge in [-0.3, -0.25) is 9.59 Å². The quantitative estimate of drug-likeness (QED) is 0.792. The first-order chi connectivity index (χ1) is 12.0. The molecule has 0 fully saturated rings. The van der Waals surface area contributed by atoms with Crippen molar-refractivity contribution >= 4 is 5.91 Å². The van der Waals surface area contributed by atoms with Crippen molar-refractivity contribution in [1.29, 1.82) is 0 Å². The minimum atomic E-state index is -0.714. The average Bonchev–Trinajstić information content (AvgIpc) is 2.58. The van der Waals surface area contributed by atoms with Crippen molar-refractivity contribution in [3.8, 4) is 5.75 Å². The molecule has 0 atom stereocenters. The van der Waals surface area contributed by atoms with Crippen molar-refractivity contribution in [2.24, 2.45) is 0 Å². The monoisotopic (exact) mass is 347 g/mol. The van der Waals surface area contributed by atoms with Gasteiger partial charge in [-0.1, -0.05) is 12.1 Å². The van der Waals surface area contributed by atoms with Crippen LogP contribution in [0.3, 0.4) is 0 Å². The van der Waals surface area contributed by atoms with Crippen LogP contribution in [0.25, 0.3) is 0 Å². The third-order valence-electron chi connectivity index (χ3n) is 3.39. The molecule has 0 spiro atoms. The van der Waals surface area contributed by atoms with Crippen LogP contribution in [0.15, 0.2) is 41.2 Å². The molecule has 1 aromatic carbocycles. The maximum atomic E-state index is 12.4. The minimum absolute atomic E-state index is 0.0914. The molecule has 0 aliphatic heterocycles. The van der Waals surface area contributed by atoms with E-state index in [0.717, 1.165) is 16.0 Å². The van der Waals surface area contributed by atoms with E-state index in [1.165, 1.54) is 12.1 Å². The molecule has 0 aliphatic rings. The van der Waals surface area contributed by atoms with Gasteiger partial charge in [0.15, 0.2) is 0 Å². The molecule has 1 aromatic heterocycles. The predicted molar refractivity (Wildman–Crippen MR) is 92.7 cm³/mol. The van der Waals surface area contributed by atoms with Crippen molar-refractivity contribution in [2.45, 2.75) is 32.9 Å². The lowest BCUT2D eigenvalue weighted by atomic mass is 10.1. The van der Waals surface area contributed by atoms with Gasteiger partial charge in [-0.05, 0) is 44.0 Å². The Morgan fingerprint density at radius 2 is 1.96 bits per heavy atom. The van der Waals surface area contributed by atoms with Crippen LogP contribution in [0.4, 0.5) is 4.39 Å². The summed E-state index contributed by atoms with van der Waals surface area (Å²) in [7, 11) is 0. The Balaban J connectivity index is 1.88. The molecule has 0 bridgehead atoms. The van der Waals surface area contributed by atoms with Crippen LogP contribution in [-0.2, 0) is 13.0 Å². The average molecular weight is 347 g/mol. The summed E-state index contributed by atoms with van der Waals surface area (Å²) in [4.78, 5) is 23.5. The molecule has 0 aliphatic carbocycles. The summed E-state index contributed by atoms with van der Waals surface area (Å²) in [6.45, 7) is 3.48. The molecule has 25 heavy (non-hydrogen) atoms. The summed E-state index contributed by atoms with van der Waals surface area (Å²) >= 11 is 0. The summed E-state index contributed by atoms with van der Waals surface area (Å²) in [6.07, 6.45) is 0.774. The highest BCUT2D eigenvalue weighted by Crippen LogP contribution is 2.13. The topological polar surface area (TPSA) is 73.2 Å². The molecule has 7 heteroatoms. The lowest BCUT2D eigenvalue weighted by Crippen LogP contribution is -2.31. The van der Waals surface area contributed by atoms with Gasteiger partial charge in [0.05, 0.1) is 12.6 Å². The number of nitrogens with one attached hydrogen (secondary N) is 1. The molecule has 2 rings (SSSR count). The number of nitrogens with zero attached hydrogens (tertiary/aromatic N) is 2. The van der Waals surface area contributed by atoms with E-state index in [1.807, 2.05) is 38.1 Å². The molecule has 6 nitrogen and oxygen atoms in total. The second kappa shape index (κ2) is 8.96. The van der Waals surface area contributed by atoms with Gasteiger partial charge in [0, 0.05) is 12.6 Å². The van der Waals surface area contributed by atoms with Crippen molar-refractivity contribution in [3.05, 3.63) is 58.0 Å². The Morgan fingerprint density at radius 1 is 1.24 bits per heavy atom. The number of alkyl halides is 1. The van der Waals surface area contributed by atoms with Gasteiger partial charge in [-0.2, -0.15) is 5.10 Å². The van der Waals surface area contributed by atoms with Gasteiger partial charge in [-0.25, -0.2) is 9.07 Å². The number of amides is 1. The molecule has 0 radical (unpaired) electrons. The van der Waals surface area contributed by atoms with Crippen molar-refractivity contribution < 1.29 is 13.9 Å². The number of halogens is 1. The first kappa shape index (κ1) is 18.6. The van der Waals surface area contributed by atoms with Gasteiger partial charge in [0.2, 0.25) is 0 Å². The largest absolute Gasteiger partial charge is 0.491 e. The summed E-state index contributed by atoms with van der Waals surface area (Å²) in [5, 5.41) is 6.60. The second-order valence-corrected chi connectivity index (χ2v) is 5.79. The summed E-state index contributed by atoms with van der Waals surface area (Å²) < 4.78 is 18.9. The van der Waals surface area contributed by atoms with Crippen LogP contribution in [0, 0.1) is 0 Å². The smallest absolute Gasteiger partial charge is 0.271 e. The normalized spacial score (nSPS) is 10.7. The molecule has 0 saturated carbocycles. The molecule has 134 valence electrons. The number of aromatic nitrogens is 2. The van der Waals surface area contributed by atoms with E-state index in [1.54, 1.807) is 0 Å². The Labute approximate surface area is 145 Å². The molecule has 1 amide bonds. The zero-order chi connectivity index (χ0) is 18.2. The number of ether oxygens (including phenoxy) is 1. The van der Waals surface area contributed by atoms with Crippen LogP contribution in [0.5, 0.6) is 5.75 Å². The number of rotatable bonds is 8. The van der Waals surface area contributed by atoms with Crippen LogP contribution in [0.2, 0.25) is 0 Å². The lowest BCUT2D eigenvalue weighted by molar-refractivity contribution is 0.0946. The highest BCUT2D eigenvalue weighted by molar-refractivity contribution is 5.91. The first-order valence-electron chi connectivity index (χ1n) is 8.17. The van der Waals surface area contributed by atoms with E-state index in [9.17, 15) is 14.0 Å². The van der Waals surface area contributed by atoms with Crippen molar-refractivity contribution in [1.82, 2.24) is 15.1 Å². The Bertz CT molecular complexity index is 757. The summed E-state index contributed by atoms with van der Waals surface area (Å²) in [5.74, 6) is 0.412. The van der Waals surface area contributed by atoms with Crippen molar-refractivity contribution in [3.63, 3.8) is 0 Å². The van der Waals surface area contributed by atoms with Crippen LogP contribution in [-0.4, -0.2) is 35.0 Å². The number of hydrogen-bond donors (Lipinski definition) is 1. The molecule has 1 N–H and O–H groups in total. The van der Waals surface area contributed by atoms with Gasteiger partial charge < -0.3 is 10.1 Å². The van der Waals surface area contributed by atoms with Crippen molar-refractivity contribution in [2.75, 3.05) is 13.2 Å². The Morgan fingerprint density at radius 3 is 2.60 bits per heavy atom. The van der Waals surface area contributed by atoms with E-state index in [0.29, 0.717) is 13.0 Å². The van der Waals surface area contributed by atoms with Gasteiger partial charge in [0.1, 0.15) is 18.1 Å². The number of carbonyl (C=O) groups excluding carboxylic acids is 1. The zero-order valence-electron chi connectivity index (χ0n) is 14.4. The molecule has 0 unspecified atom stereocenters. The summed E-state index contributed by atoms with van der Waals surface area (Å²) in [6, 6.07) is 10.2. The van der Waals surface area contributed by atoms with Gasteiger partial charge in [0.25, 0.3) is 11.5 Å². The number of aryl methyl sites for hydroxylation is 1. The number of benzene rings is 1. The molecule has 1 heterocycles. The first-order valence-corrected chi connectivity index (χ1v) is 8.17. The Kier molecular flexibility index (Phi) is 6.68. The van der Waals surface area contributed by atoms with Crippen LogP contribution < -0.4 is 15.6 Å². The van der Waals surface area contributed by atoms with E-state index in [-0.39, 0.29) is 18.3 Å². The van der Waals surface area contributed by atoms with E-state index >= 15 is 0 Å². The number of carbonyl (C=O) groups is 1. The third kappa shape index (κ3) is 5.70. The van der Waals surface area contributed by atoms with Gasteiger partial charge in [-0.15, -0.1) is 0 Å². The molecule has 0 saturated heterocycles. The maximum absolute atomic E-state index is 12.4. The number of hydrogen-bond acceptors (Lipinski definition) is 4. The predicted octanol–water partition coefficient (Wildman–Crippen LogP) is 1.97. The molecular weight excluding hydrogens is 325 g/mol. The van der Waals surface area contributed by atoms with Crippen LogP contribution >= 0.6 is 0 Å². The second-order valence-electron chi connectivity index (χ2n) is 5.79. The molecular formula is C18H22FN3O3. The Hall–Kier alpha value is -2.70. The van der Waals surface area contributed by atoms with E-state index < -0.39 is 18.1 Å². The fraction of sp³-hybridized carbons (Fsp3) is 0.389. The SMILES string of the molecule is CC(C)Oc1ccc(CCNC(=O)c2ccc(=O)n(CCF)n2)cc1. The van der Waals surface area contributed by atoms with Gasteiger partial charge >= 0.3 is 0 Å². The fourth-order valence-corrected chi connectivity index (χ4v) is 2.23.